The first kappa shape index (κ1) is 16.9. The van der Waals surface area contributed by atoms with Crippen LogP contribution in [0.1, 0.15) is 72.0 Å². The molecule has 0 radical (unpaired) electrons. The Hall–Kier alpha value is -2.29. The van der Waals surface area contributed by atoms with Crippen LogP contribution in [0.4, 0.5) is 5.69 Å². The van der Waals surface area contributed by atoms with Gasteiger partial charge in [0.05, 0.1) is 6.04 Å². The van der Waals surface area contributed by atoms with Crippen LogP contribution in [0.5, 0.6) is 0 Å². The van der Waals surface area contributed by atoms with Gasteiger partial charge in [0.1, 0.15) is 0 Å². The van der Waals surface area contributed by atoms with Gasteiger partial charge in [0.15, 0.2) is 0 Å². The third-order valence-corrected chi connectivity index (χ3v) is 6.68. The number of hydrogen-bond donors (Lipinski definition) is 2. The summed E-state index contributed by atoms with van der Waals surface area (Å²) in [6.07, 6.45) is 7.62. The number of hydrogen-bond acceptors (Lipinski definition) is 2. The Labute approximate surface area is 161 Å². The Kier molecular flexibility index (Phi) is 4.39. The van der Waals surface area contributed by atoms with Gasteiger partial charge in [0, 0.05) is 17.8 Å². The summed E-state index contributed by atoms with van der Waals surface area (Å²) in [5.41, 5.74) is 4.77. The topological polar surface area (TPSA) is 41.1 Å². The summed E-state index contributed by atoms with van der Waals surface area (Å²) in [7, 11) is 0. The molecular weight excluding hydrogens is 332 g/mol. The summed E-state index contributed by atoms with van der Waals surface area (Å²) >= 11 is 0. The summed E-state index contributed by atoms with van der Waals surface area (Å²) < 4.78 is 0. The van der Waals surface area contributed by atoms with Crippen LogP contribution in [0.25, 0.3) is 0 Å². The Morgan fingerprint density at radius 3 is 2.63 bits per heavy atom. The van der Waals surface area contributed by atoms with Gasteiger partial charge in [-0.1, -0.05) is 43.2 Å². The van der Waals surface area contributed by atoms with Gasteiger partial charge in [0.2, 0.25) is 0 Å². The molecule has 1 amide bonds. The molecule has 0 saturated heterocycles. The van der Waals surface area contributed by atoms with Gasteiger partial charge in [-0.15, -0.1) is 0 Å². The van der Waals surface area contributed by atoms with E-state index in [1.54, 1.807) is 0 Å². The Bertz CT molecular complexity index is 828. The molecule has 2 aromatic rings. The minimum Gasteiger partial charge on any atom is -0.378 e. The maximum atomic E-state index is 12.6. The van der Waals surface area contributed by atoms with Crippen LogP contribution >= 0.6 is 0 Å². The quantitative estimate of drug-likeness (QED) is 0.780. The Morgan fingerprint density at radius 1 is 1.00 bits per heavy atom. The third kappa shape index (κ3) is 3.36. The summed E-state index contributed by atoms with van der Waals surface area (Å²) in [5.74, 6) is 1.96. The van der Waals surface area contributed by atoms with Crippen molar-refractivity contribution in [2.45, 2.75) is 50.5 Å². The maximum Gasteiger partial charge on any atom is 0.251 e. The maximum absolute atomic E-state index is 12.6. The van der Waals surface area contributed by atoms with Crippen LogP contribution in [0.15, 0.2) is 48.5 Å². The van der Waals surface area contributed by atoms with Crippen molar-refractivity contribution in [3.8, 4) is 0 Å². The van der Waals surface area contributed by atoms with Gasteiger partial charge in [0.25, 0.3) is 5.91 Å². The van der Waals surface area contributed by atoms with E-state index < -0.39 is 0 Å². The third-order valence-electron chi connectivity index (χ3n) is 6.68. The molecule has 5 rings (SSSR count). The van der Waals surface area contributed by atoms with Crippen molar-refractivity contribution in [3.05, 3.63) is 65.2 Å². The van der Waals surface area contributed by atoms with Crippen molar-refractivity contribution in [2.75, 3.05) is 11.9 Å². The Balaban J connectivity index is 1.45. The fraction of sp³-hybridized carbons (Fsp3) is 0.458. The number of benzene rings is 2. The normalized spacial score (nSPS) is 26.4. The van der Waals surface area contributed by atoms with Crippen molar-refractivity contribution in [3.63, 3.8) is 0 Å². The lowest BCUT2D eigenvalue weighted by Gasteiger charge is -2.44. The predicted molar refractivity (Wildman–Crippen MR) is 109 cm³/mol. The molecule has 0 aromatic heterocycles. The second-order valence-electron chi connectivity index (χ2n) is 8.54. The highest BCUT2D eigenvalue weighted by molar-refractivity contribution is 5.95. The lowest BCUT2D eigenvalue weighted by atomic mass is 9.68. The highest BCUT2D eigenvalue weighted by Crippen LogP contribution is 2.51. The van der Waals surface area contributed by atoms with Crippen LogP contribution in [0, 0.1) is 11.8 Å². The fourth-order valence-corrected chi connectivity index (χ4v) is 5.01. The average molecular weight is 361 g/mol. The summed E-state index contributed by atoms with van der Waals surface area (Å²) in [4.78, 5) is 12.6. The second kappa shape index (κ2) is 7.03. The van der Waals surface area contributed by atoms with Crippen LogP contribution in [-0.2, 0) is 0 Å². The number of carbonyl (C=O) groups is 1. The number of carbonyl (C=O) groups excluding carboxylic acids is 1. The lowest BCUT2D eigenvalue weighted by molar-refractivity contribution is 0.0951. The minimum absolute atomic E-state index is 0.0854. The van der Waals surface area contributed by atoms with Crippen LogP contribution in [-0.4, -0.2) is 12.5 Å². The van der Waals surface area contributed by atoms with E-state index in [1.807, 2.05) is 6.07 Å². The SMILES string of the molecule is O=C(NCC1CC1)c1ccc2c(c1)C1CCCCC1C(c1ccccc1)N2. The fourth-order valence-electron chi connectivity index (χ4n) is 5.01. The molecule has 3 atom stereocenters. The molecule has 2 aromatic carbocycles. The van der Waals surface area contributed by atoms with Gasteiger partial charge in [-0.05, 0) is 72.8 Å². The molecule has 3 unspecified atom stereocenters. The molecule has 0 spiro atoms. The monoisotopic (exact) mass is 360 g/mol. The van der Waals surface area contributed by atoms with Crippen LogP contribution in [0.3, 0.4) is 0 Å². The van der Waals surface area contributed by atoms with Crippen molar-refractivity contribution < 1.29 is 4.79 Å². The Morgan fingerprint density at radius 2 is 1.81 bits per heavy atom. The van der Waals surface area contributed by atoms with Gasteiger partial charge in [-0.25, -0.2) is 0 Å². The van der Waals surface area contributed by atoms with Crippen LogP contribution in [0.2, 0.25) is 0 Å². The zero-order chi connectivity index (χ0) is 18.2. The molecule has 2 aliphatic carbocycles. The number of fused-ring (bicyclic) bond motifs is 3. The summed E-state index contributed by atoms with van der Waals surface area (Å²) in [5, 5.41) is 6.92. The molecule has 0 bridgehead atoms. The van der Waals surface area contributed by atoms with E-state index in [-0.39, 0.29) is 5.91 Å². The zero-order valence-electron chi connectivity index (χ0n) is 15.8. The molecule has 3 nitrogen and oxygen atoms in total. The molecule has 1 heterocycles. The molecule has 2 N–H and O–H groups in total. The molecule has 3 aliphatic rings. The molecule has 2 saturated carbocycles. The van der Waals surface area contributed by atoms with Crippen molar-refractivity contribution in [2.24, 2.45) is 11.8 Å². The van der Waals surface area contributed by atoms with Gasteiger partial charge >= 0.3 is 0 Å². The molecular formula is C24H28N2O. The number of anilines is 1. The molecule has 27 heavy (non-hydrogen) atoms. The summed E-state index contributed by atoms with van der Waals surface area (Å²) in [6.45, 7) is 0.830. The van der Waals surface area contributed by atoms with E-state index in [2.05, 4.69) is 53.1 Å². The number of rotatable bonds is 4. The standard InChI is InChI=1S/C24H28N2O/c27-24(25-15-16-10-11-16)18-12-13-22-21(14-18)19-8-4-5-9-20(19)23(26-22)17-6-2-1-3-7-17/h1-3,6-7,12-14,16,19-20,23,26H,4-5,8-11,15H2,(H,25,27). The van der Waals surface area contributed by atoms with E-state index in [0.717, 1.165) is 12.1 Å². The first-order chi connectivity index (χ1) is 13.3. The van der Waals surface area contributed by atoms with E-state index in [9.17, 15) is 4.79 Å². The molecule has 1 aliphatic heterocycles. The van der Waals surface area contributed by atoms with Crippen molar-refractivity contribution in [1.82, 2.24) is 5.32 Å². The van der Waals surface area contributed by atoms with Gasteiger partial charge in [-0.3, -0.25) is 4.79 Å². The highest BCUT2D eigenvalue weighted by Gasteiger charge is 2.38. The highest BCUT2D eigenvalue weighted by atomic mass is 16.1. The first-order valence-corrected chi connectivity index (χ1v) is 10.5. The minimum atomic E-state index is 0.0854. The first-order valence-electron chi connectivity index (χ1n) is 10.5. The number of nitrogens with one attached hydrogen (secondary N) is 2. The average Bonchev–Trinajstić information content (AvgIpc) is 3.56. The van der Waals surface area contributed by atoms with E-state index >= 15 is 0 Å². The van der Waals surface area contributed by atoms with Crippen molar-refractivity contribution >= 4 is 11.6 Å². The van der Waals surface area contributed by atoms with Crippen molar-refractivity contribution in [1.29, 1.82) is 0 Å². The molecule has 3 heteroatoms. The second-order valence-corrected chi connectivity index (χ2v) is 8.54. The van der Waals surface area contributed by atoms with E-state index in [0.29, 0.717) is 23.8 Å². The van der Waals surface area contributed by atoms with Gasteiger partial charge in [-0.2, -0.15) is 0 Å². The molecule has 140 valence electrons. The predicted octanol–water partition coefficient (Wildman–Crippen LogP) is 5.27. The van der Waals surface area contributed by atoms with E-state index in [1.165, 1.54) is 55.3 Å². The van der Waals surface area contributed by atoms with Crippen LogP contribution < -0.4 is 10.6 Å². The lowest BCUT2D eigenvalue weighted by Crippen LogP contribution is -2.34. The zero-order valence-corrected chi connectivity index (χ0v) is 15.8. The molecule has 2 fully saturated rings. The van der Waals surface area contributed by atoms with E-state index in [4.69, 9.17) is 0 Å². The number of amides is 1. The smallest absolute Gasteiger partial charge is 0.251 e. The largest absolute Gasteiger partial charge is 0.378 e. The summed E-state index contributed by atoms with van der Waals surface area (Å²) in [6, 6.07) is 17.5. The van der Waals surface area contributed by atoms with Gasteiger partial charge < -0.3 is 10.6 Å².